The molecule has 1 saturated heterocycles. The van der Waals surface area contributed by atoms with Crippen LogP contribution in [0, 0.1) is 0 Å². The van der Waals surface area contributed by atoms with E-state index in [9.17, 15) is 9.59 Å². The maximum atomic E-state index is 12.2. The summed E-state index contributed by atoms with van der Waals surface area (Å²) in [5.74, 6) is -0.221. The largest absolute Gasteiger partial charge is 0.376 e. The lowest BCUT2D eigenvalue weighted by atomic mass is 10.1. The molecule has 0 bridgehead atoms. The van der Waals surface area contributed by atoms with Gasteiger partial charge in [0.15, 0.2) is 5.96 Å². The quantitative estimate of drug-likeness (QED) is 0.464. The first-order chi connectivity index (χ1) is 11.2. The number of carbonyl (C=O) groups excluding carboxylic acids is 2. The average molecular weight is 316 g/mol. The standard InChI is InChI=1S/C16H20N4O3/c17-16(19-10-11-4-3-9-23-11)18-7-8-20-14(21)12-5-1-2-6-13(12)15(20)22/h1-2,5-6,11H,3-4,7-10H2,(H3,17,18,19). The first kappa shape index (κ1) is 15.5. The van der Waals surface area contributed by atoms with Crippen LogP contribution in [0.5, 0.6) is 0 Å². The number of nitrogens with one attached hydrogen (secondary N) is 1. The highest BCUT2D eigenvalue weighted by Gasteiger charge is 2.34. The van der Waals surface area contributed by atoms with Crippen LogP contribution in [0.3, 0.4) is 0 Å². The van der Waals surface area contributed by atoms with Gasteiger partial charge in [-0.1, -0.05) is 12.1 Å². The Bertz CT molecular complexity index is 603. The Morgan fingerprint density at radius 2 is 2.00 bits per heavy atom. The summed E-state index contributed by atoms with van der Waals surface area (Å²) in [5, 5.41) is 2.93. The van der Waals surface area contributed by atoms with Gasteiger partial charge in [0.2, 0.25) is 0 Å². The molecule has 3 rings (SSSR count). The van der Waals surface area contributed by atoms with Gasteiger partial charge in [-0.2, -0.15) is 0 Å². The summed E-state index contributed by atoms with van der Waals surface area (Å²) >= 11 is 0. The van der Waals surface area contributed by atoms with Crippen molar-refractivity contribution in [3.63, 3.8) is 0 Å². The highest BCUT2D eigenvalue weighted by atomic mass is 16.5. The maximum Gasteiger partial charge on any atom is 0.261 e. The molecule has 0 aromatic heterocycles. The molecule has 7 heteroatoms. The summed E-state index contributed by atoms with van der Waals surface area (Å²) in [7, 11) is 0. The van der Waals surface area contributed by atoms with Crippen LogP contribution >= 0.6 is 0 Å². The lowest BCUT2D eigenvalue weighted by Gasteiger charge is -2.14. The number of fused-ring (bicyclic) bond motifs is 1. The molecule has 23 heavy (non-hydrogen) atoms. The van der Waals surface area contributed by atoms with Crippen molar-refractivity contribution >= 4 is 17.8 Å². The maximum absolute atomic E-state index is 12.2. The highest BCUT2D eigenvalue weighted by molar-refractivity contribution is 6.21. The van der Waals surface area contributed by atoms with Gasteiger partial charge in [0, 0.05) is 19.7 Å². The van der Waals surface area contributed by atoms with E-state index in [4.69, 9.17) is 10.5 Å². The molecular weight excluding hydrogens is 296 g/mol. The molecule has 0 radical (unpaired) electrons. The number of carbonyl (C=O) groups is 2. The molecule has 2 heterocycles. The number of imide groups is 1. The van der Waals surface area contributed by atoms with E-state index in [2.05, 4.69) is 10.3 Å². The van der Waals surface area contributed by atoms with Crippen LogP contribution in [0.2, 0.25) is 0 Å². The molecular formula is C16H20N4O3. The van der Waals surface area contributed by atoms with Gasteiger partial charge in [-0.05, 0) is 25.0 Å². The fourth-order valence-electron chi connectivity index (χ4n) is 2.78. The van der Waals surface area contributed by atoms with E-state index in [1.807, 2.05) is 0 Å². The van der Waals surface area contributed by atoms with Crippen molar-refractivity contribution in [2.24, 2.45) is 10.7 Å². The third kappa shape index (κ3) is 3.34. The Morgan fingerprint density at radius 1 is 1.30 bits per heavy atom. The molecule has 1 aromatic carbocycles. The predicted octanol–water partition coefficient (Wildman–Crippen LogP) is 0.366. The van der Waals surface area contributed by atoms with Crippen molar-refractivity contribution in [3.8, 4) is 0 Å². The summed E-state index contributed by atoms with van der Waals surface area (Å²) < 4.78 is 5.47. The van der Waals surface area contributed by atoms with Crippen molar-refractivity contribution in [3.05, 3.63) is 35.4 Å². The van der Waals surface area contributed by atoms with Crippen LogP contribution in [-0.2, 0) is 4.74 Å². The van der Waals surface area contributed by atoms with Crippen molar-refractivity contribution in [1.29, 1.82) is 0 Å². The van der Waals surface area contributed by atoms with Crippen LogP contribution in [0.1, 0.15) is 33.6 Å². The third-order valence-electron chi connectivity index (χ3n) is 4.01. The number of hydrogen-bond donors (Lipinski definition) is 2. The number of amides is 2. The Hall–Kier alpha value is -2.41. The molecule has 7 nitrogen and oxygen atoms in total. The van der Waals surface area contributed by atoms with E-state index in [0.717, 1.165) is 19.4 Å². The average Bonchev–Trinajstić information content (AvgIpc) is 3.16. The number of benzene rings is 1. The van der Waals surface area contributed by atoms with Gasteiger partial charge in [0.25, 0.3) is 11.8 Å². The molecule has 2 aliphatic rings. The second kappa shape index (κ2) is 6.78. The molecule has 0 aliphatic carbocycles. The van der Waals surface area contributed by atoms with E-state index in [1.165, 1.54) is 4.90 Å². The molecule has 1 aromatic rings. The fraction of sp³-hybridized carbons (Fsp3) is 0.438. The number of guanidine groups is 1. The smallest absolute Gasteiger partial charge is 0.261 e. The van der Waals surface area contributed by atoms with E-state index >= 15 is 0 Å². The zero-order chi connectivity index (χ0) is 16.2. The first-order valence-corrected chi connectivity index (χ1v) is 7.77. The van der Waals surface area contributed by atoms with E-state index in [0.29, 0.717) is 30.2 Å². The number of nitrogens with two attached hydrogens (primary N) is 1. The monoisotopic (exact) mass is 316 g/mol. The summed E-state index contributed by atoms with van der Waals surface area (Å²) in [4.78, 5) is 29.8. The van der Waals surface area contributed by atoms with Crippen LogP contribution in [0.4, 0.5) is 0 Å². The van der Waals surface area contributed by atoms with Gasteiger partial charge >= 0.3 is 0 Å². The fourth-order valence-corrected chi connectivity index (χ4v) is 2.78. The number of aliphatic imine (C=N–C) groups is 1. The molecule has 1 unspecified atom stereocenters. The lowest BCUT2D eigenvalue weighted by Crippen LogP contribution is -2.41. The highest BCUT2D eigenvalue weighted by Crippen LogP contribution is 2.21. The van der Waals surface area contributed by atoms with Crippen molar-refractivity contribution in [2.45, 2.75) is 18.9 Å². The van der Waals surface area contributed by atoms with E-state index < -0.39 is 0 Å². The minimum atomic E-state index is -0.262. The molecule has 0 saturated carbocycles. The number of rotatable bonds is 5. The zero-order valence-corrected chi connectivity index (χ0v) is 12.8. The summed E-state index contributed by atoms with van der Waals surface area (Å²) in [6.45, 7) is 1.94. The molecule has 2 amide bonds. The van der Waals surface area contributed by atoms with Gasteiger partial charge in [-0.3, -0.25) is 19.5 Å². The minimum absolute atomic E-state index is 0.145. The van der Waals surface area contributed by atoms with Crippen molar-refractivity contribution in [1.82, 2.24) is 10.2 Å². The van der Waals surface area contributed by atoms with E-state index in [1.54, 1.807) is 24.3 Å². The second-order valence-corrected chi connectivity index (χ2v) is 5.60. The zero-order valence-electron chi connectivity index (χ0n) is 12.8. The molecule has 122 valence electrons. The summed E-state index contributed by atoms with van der Waals surface area (Å²) in [6, 6.07) is 6.84. The van der Waals surface area contributed by atoms with Crippen molar-refractivity contribution < 1.29 is 14.3 Å². The molecule has 0 spiro atoms. The Balaban J connectivity index is 1.48. The van der Waals surface area contributed by atoms with Gasteiger partial charge in [0.1, 0.15) is 0 Å². The molecule has 1 fully saturated rings. The second-order valence-electron chi connectivity index (χ2n) is 5.60. The van der Waals surface area contributed by atoms with Crippen LogP contribution in [0.15, 0.2) is 29.3 Å². The predicted molar refractivity (Wildman–Crippen MR) is 85.3 cm³/mol. The summed E-state index contributed by atoms with van der Waals surface area (Å²) in [5.41, 5.74) is 6.70. The molecule has 2 aliphatic heterocycles. The van der Waals surface area contributed by atoms with Crippen LogP contribution in [0.25, 0.3) is 0 Å². The Labute approximate surface area is 134 Å². The SMILES string of the molecule is NC(=NCC1CCCO1)NCCN1C(=O)c2ccccc2C1=O. The Morgan fingerprint density at radius 3 is 2.61 bits per heavy atom. The molecule has 3 N–H and O–H groups in total. The van der Waals surface area contributed by atoms with Gasteiger partial charge in [0.05, 0.1) is 23.8 Å². The topological polar surface area (TPSA) is 97.0 Å². The van der Waals surface area contributed by atoms with Crippen LogP contribution < -0.4 is 11.1 Å². The van der Waals surface area contributed by atoms with Gasteiger partial charge in [-0.25, -0.2) is 0 Å². The van der Waals surface area contributed by atoms with E-state index in [-0.39, 0.29) is 24.5 Å². The van der Waals surface area contributed by atoms with Gasteiger partial charge in [-0.15, -0.1) is 0 Å². The third-order valence-corrected chi connectivity index (χ3v) is 4.01. The van der Waals surface area contributed by atoms with Crippen molar-refractivity contribution in [2.75, 3.05) is 26.2 Å². The van der Waals surface area contributed by atoms with Gasteiger partial charge < -0.3 is 15.8 Å². The normalized spacial score (nSPS) is 21.0. The number of ether oxygens (including phenoxy) is 1. The molecule has 1 atom stereocenters. The number of hydrogen-bond acceptors (Lipinski definition) is 4. The van der Waals surface area contributed by atoms with Crippen LogP contribution in [-0.4, -0.2) is 55.0 Å². The summed E-state index contributed by atoms with van der Waals surface area (Å²) in [6.07, 6.45) is 2.21. The Kier molecular flexibility index (Phi) is 4.57. The first-order valence-electron chi connectivity index (χ1n) is 7.77. The minimum Gasteiger partial charge on any atom is -0.376 e. The lowest BCUT2D eigenvalue weighted by molar-refractivity contribution is 0.0657. The number of nitrogens with zero attached hydrogens (tertiary/aromatic N) is 2.